The van der Waals surface area contributed by atoms with E-state index in [2.05, 4.69) is 9.97 Å². The molecule has 3 rings (SSSR count). The maximum atomic E-state index is 12.2. The van der Waals surface area contributed by atoms with Gasteiger partial charge in [-0.25, -0.2) is 4.98 Å². The lowest BCUT2D eigenvalue weighted by molar-refractivity contribution is 1.22. The fourth-order valence-electron chi connectivity index (χ4n) is 2.01. The fourth-order valence-corrected chi connectivity index (χ4v) is 2.42. The number of H-pyrrole nitrogens is 1. The second kappa shape index (κ2) is 4.81. The second-order valence-corrected chi connectivity index (χ2v) is 5.06. The molecular formula is C14H9Cl2N3O. The van der Waals surface area contributed by atoms with Crippen molar-refractivity contribution in [1.29, 1.82) is 0 Å². The molecule has 1 heterocycles. The summed E-state index contributed by atoms with van der Waals surface area (Å²) < 4.78 is 0. The number of nitrogens with zero attached hydrogens (tertiary/aromatic N) is 1. The molecule has 0 saturated heterocycles. The number of hydrogen-bond donors (Lipinski definition) is 2. The third-order valence-electron chi connectivity index (χ3n) is 2.98. The van der Waals surface area contributed by atoms with Gasteiger partial charge in [-0.15, -0.1) is 0 Å². The van der Waals surface area contributed by atoms with Crippen LogP contribution in [0, 0.1) is 0 Å². The second-order valence-electron chi connectivity index (χ2n) is 4.25. The zero-order valence-electron chi connectivity index (χ0n) is 10.2. The SMILES string of the molecule is Nc1c(Cl)ccc(Cl)c1-c1nc2ccccc2[nH]c1=O. The number of hydrogen-bond acceptors (Lipinski definition) is 3. The molecule has 20 heavy (non-hydrogen) atoms. The summed E-state index contributed by atoms with van der Waals surface area (Å²) >= 11 is 12.1. The van der Waals surface area contributed by atoms with Gasteiger partial charge < -0.3 is 10.7 Å². The van der Waals surface area contributed by atoms with E-state index in [9.17, 15) is 4.79 Å². The average Bonchev–Trinajstić information content (AvgIpc) is 2.44. The van der Waals surface area contributed by atoms with Gasteiger partial charge in [-0.1, -0.05) is 35.3 Å². The molecule has 6 heteroatoms. The van der Waals surface area contributed by atoms with Crippen LogP contribution < -0.4 is 11.3 Å². The van der Waals surface area contributed by atoms with Crippen LogP contribution in [0.25, 0.3) is 22.3 Å². The molecule has 100 valence electrons. The highest BCUT2D eigenvalue weighted by Crippen LogP contribution is 2.35. The lowest BCUT2D eigenvalue weighted by atomic mass is 10.1. The van der Waals surface area contributed by atoms with Crippen molar-refractivity contribution in [3.63, 3.8) is 0 Å². The number of benzene rings is 2. The molecule has 4 nitrogen and oxygen atoms in total. The summed E-state index contributed by atoms with van der Waals surface area (Å²) in [4.78, 5) is 19.3. The standard InChI is InChI=1S/C14H9Cl2N3O/c15-7-5-6-8(16)12(17)11(7)13-14(20)19-10-4-2-1-3-9(10)18-13/h1-6H,17H2,(H,19,20). The normalized spacial score (nSPS) is 10.9. The van der Waals surface area contributed by atoms with Crippen LogP contribution >= 0.6 is 23.2 Å². The van der Waals surface area contributed by atoms with Crippen molar-refractivity contribution in [2.24, 2.45) is 0 Å². The molecule has 0 saturated carbocycles. The summed E-state index contributed by atoms with van der Waals surface area (Å²) in [5.74, 6) is 0. The van der Waals surface area contributed by atoms with Crippen LogP contribution in [0.4, 0.5) is 5.69 Å². The Kier molecular flexibility index (Phi) is 3.12. The van der Waals surface area contributed by atoms with Crippen molar-refractivity contribution >= 4 is 39.9 Å². The van der Waals surface area contributed by atoms with Crippen molar-refractivity contribution < 1.29 is 0 Å². The molecule has 3 N–H and O–H groups in total. The summed E-state index contributed by atoms with van der Waals surface area (Å²) in [7, 11) is 0. The average molecular weight is 306 g/mol. The third-order valence-corrected chi connectivity index (χ3v) is 3.62. The Labute approximate surface area is 124 Å². The number of fused-ring (bicyclic) bond motifs is 1. The van der Waals surface area contributed by atoms with Gasteiger partial charge >= 0.3 is 0 Å². The van der Waals surface area contributed by atoms with Crippen LogP contribution in [-0.4, -0.2) is 9.97 Å². The highest BCUT2D eigenvalue weighted by Gasteiger charge is 2.16. The Balaban J connectivity index is 2.38. The van der Waals surface area contributed by atoms with Gasteiger partial charge in [0.15, 0.2) is 0 Å². The Morgan fingerprint density at radius 3 is 2.55 bits per heavy atom. The van der Waals surface area contributed by atoms with E-state index in [1.807, 2.05) is 12.1 Å². The molecule has 1 aromatic heterocycles. The largest absolute Gasteiger partial charge is 0.397 e. The van der Waals surface area contributed by atoms with Crippen LogP contribution in [0.5, 0.6) is 0 Å². The minimum atomic E-state index is -0.362. The van der Waals surface area contributed by atoms with Gasteiger partial charge in [0, 0.05) is 5.56 Å². The minimum absolute atomic E-state index is 0.161. The summed E-state index contributed by atoms with van der Waals surface area (Å²) in [6, 6.07) is 10.4. The predicted molar refractivity (Wildman–Crippen MR) is 82.2 cm³/mol. The summed E-state index contributed by atoms with van der Waals surface area (Å²) in [6.45, 7) is 0. The molecule has 0 radical (unpaired) electrons. The Morgan fingerprint density at radius 2 is 1.75 bits per heavy atom. The molecule has 0 atom stereocenters. The molecule has 0 bridgehead atoms. The van der Waals surface area contributed by atoms with Crippen molar-refractivity contribution in [3.8, 4) is 11.3 Å². The van der Waals surface area contributed by atoms with Crippen molar-refractivity contribution in [2.45, 2.75) is 0 Å². The van der Waals surface area contributed by atoms with Crippen LogP contribution in [0.2, 0.25) is 10.0 Å². The van der Waals surface area contributed by atoms with Crippen molar-refractivity contribution in [1.82, 2.24) is 9.97 Å². The molecule has 0 aliphatic heterocycles. The number of para-hydroxylation sites is 2. The number of anilines is 1. The quantitative estimate of drug-likeness (QED) is 0.676. The van der Waals surface area contributed by atoms with E-state index in [0.717, 1.165) is 0 Å². The number of rotatable bonds is 1. The first-order chi connectivity index (χ1) is 9.58. The molecule has 0 aliphatic carbocycles. The van der Waals surface area contributed by atoms with Crippen molar-refractivity contribution in [3.05, 3.63) is 56.8 Å². The summed E-state index contributed by atoms with van der Waals surface area (Å²) in [6.07, 6.45) is 0. The number of aromatic amines is 1. The highest BCUT2D eigenvalue weighted by molar-refractivity contribution is 6.37. The molecule has 0 fully saturated rings. The van der Waals surface area contributed by atoms with Gasteiger partial charge in [0.2, 0.25) is 0 Å². The van der Waals surface area contributed by atoms with Crippen molar-refractivity contribution in [2.75, 3.05) is 5.73 Å². The zero-order chi connectivity index (χ0) is 14.3. The number of halogens is 2. The maximum absolute atomic E-state index is 12.2. The van der Waals surface area contributed by atoms with E-state index >= 15 is 0 Å². The number of nitrogens with two attached hydrogens (primary N) is 1. The molecule has 0 unspecified atom stereocenters. The van der Waals surface area contributed by atoms with E-state index < -0.39 is 0 Å². The topological polar surface area (TPSA) is 71.8 Å². The minimum Gasteiger partial charge on any atom is -0.397 e. The molecule has 0 spiro atoms. The van der Waals surface area contributed by atoms with Gasteiger partial charge in [0.25, 0.3) is 5.56 Å². The number of aromatic nitrogens is 2. The van der Waals surface area contributed by atoms with E-state index in [1.165, 1.54) is 0 Å². The monoisotopic (exact) mass is 305 g/mol. The molecule has 2 aromatic carbocycles. The predicted octanol–water partition coefficient (Wildman–Crippen LogP) is 3.48. The Bertz CT molecular complexity index is 874. The van der Waals surface area contributed by atoms with E-state index in [1.54, 1.807) is 24.3 Å². The Hall–Kier alpha value is -2.04. The van der Waals surface area contributed by atoms with E-state index in [-0.39, 0.29) is 16.9 Å². The van der Waals surface area contributed by atoms with E-state index in [0.29, 0.717) is 26.6 Å². The molecular weight excluding hydrogens is 297 g/mol. The Morgan fingerprint density at radius 1 is 1.05 bits per heavy atom. The molecule has 3 aromatic rings. The number of nitrogens with one attached hydrogen (secondary N) is 1. The van der Waals surface area contributed by atoms with Crippen LogP contribution in [0.1, 0.15) is 0 Å². The summed E-state index contributed by atoms with van der Waals surface area (Å²) in [5, 5.41) is 0.666. The first-order valence-corrected chi connectivity index (χ1v) is 6.56. The maximum Gasteiger partial charge on any atom is 0.275 e. The van der Waals surface area contributed by atoms with Gasteiger partial charge in [-0.05, 0) is 24.3 Å². The smallest absolute Gasteiger partial charge is 0.275 e. The molecule has 0 aliphatic rings. The van der Waals surface area contributed by atoms with Gasteiger partial charge in [-0.2, -0.15) is 0 Å². The highest BCUT2D eigenvalue weighted by atomic mass is 35.5. The number of nitrogen functional groups attached to an aromatic ring is 1. The van der Waals surface area contributed by atoms with Gasteiger partial charge in [-0.3, -0.25) is 4.79 Å². The lowest BCUT2D eigenvalue weighted by Crippen LogP contribution is -2.12. The van der Waals surface area contributed by atoms with Crippen LogP contribution in [0.15, 0.2) is 41.2 Å². The van der Waals surface area contributed by atoms with E-state index in [4.69, 9.17) is 28.9 Å². The third kappa shape index (κ3) is 2.03. The van der Waals surface area contributed by atoms with Gasteiger partial charge in [0.05, 0.1) is 26.8 Å². The first kappa shape index (κ1) is 13.0. The summed E-state index contributed by atoms with van der Waals surface area (Å²) in [5.41, 5.74) is 7.62. The first-order valence-electron chi connectivity index (χ1n) is 5.81. The van der Waals surface area contributed by atoms with Gasteiger partial charge in [0.1, 0.15) is 5.69 Å². The zero-order valence-corrected chi connectivity index (χ0v) is 11.7. The van der Waals surface area contributed by atoms with Crippen LogP contribution in [-0.2, 0) is 0 Å². The lowest BCUT2D eigenvalue weighted by Gasteiger charge is -2.09. The fraction of sp³-hybridized carbons (Fsp3) is 0. The molecule has 0 amide bonds. The van der Waals surface area contributed by atoms with Crippen LogP contribution in [0.3, 0.4) is 0 Å².